The molecule has 1 aliphatic heterocycles. The lowest BCUT2D eigenvalue weighted by Crippen LogP contribution is -2.48. The maximum atomic E-state index is 12.2. The van der Waals surface area contributed by atoms with Crippen molar-refractivity contribution in [1.29, 1.82) is 0 Å². The number of urea groups is 1. The van der Waals surface area contributed by atoms with Crippen molar-refractivity contribution in [3.05, 3.63) is 22.7 Å². The van der Waals surface area contributed by atoms with E-state index in [1.165, 1.54) is 0 Å². The van der Waals surface area contributed by atoms with Gasteiger partial charge >= 0.3 is 6.03 Å². The molecule has 1 aliphatic rings. The molecule has 2 rings (SSSR count). The molecular weight excluding hydrogens is 320 g/mol. The molecule has 23 heavy (non-hydrogen) atoms. The zero-order valence-electron chi connectivity index (χ0n) is 13.7. The van der Waals surface area contributed by atoms with E-state index in [1.54, 1.807) is 18.1 Å². The Kier molecular flexibility index (Phi) is 6.36. The second kappa shape index (κ2) is 8.26. The van der Waals surface area contributed by atoms with Gasteiger partial charge in [-0.25, -0.2) is 4.79 Å². The molecule has 1 fully saturated rings. The third-order valence-corrected chi connectivity index (χ3v) is 3.83. The molecule has 7 heteroatoms. The number of rotatable bonds is 5. The quantitative estimate of drug-likeness (QED) is 0.893. The predicted molar refractivity (Wildman–Crippen MR) is 88.4 cm³/mol. The highest BCUT2D eigenvalue weighted by atomic mass is 35.5. The topological polar surface area (TPSA) is 60.0 Å². The zero-order chi connectivity index (χ0) is 16.8. The number of morpholine rings is 1. The minimum atomic E-state index is -0.107. The summed E-state index contributed by atoms with van der Waals surface area (Å²) in [5.74, 6) is 1.08. The van der Waals surface area contributed by atoms with E-state index in [9.17, 15) is 4.79 Å². The van der Waals surface area contributed by atoms with Crippen molar-refractivity contribution < 1.29 is 19.0 Å². The van der Waals surface area contributed by atoms with Crippen molar-refractivity contribution in [2.24, 2.45) is 0 Å². The number of methoxy groups -OCH3 is 1. The maximum Gasteiger partial charge on any atom is 0.317 e. The first-order valence-electron chi connectivity index (χ1n) is 7.68. The van der Waals surface area contributed by atoms with Crippen LogP contribution in [0.15, 0.2) is 12.1 Å². The number of nitrogens with one attached hydrogen (secondary N) is 1. The summed E-state index contributed by atoms with van der Waals surface area (Å²) in [6.07, 6.45) is 0.0644. The van der Waals surface area contributed by atoms with Crippen LogP contribution in [-0.4, -0.2) is 50.4 Å². The van der Waals surface area contributed by atoms with Gasteiger partial charge < -0.3 is 24.4 Å². The van der Waals surface area contributed by atoms with E-state index in [2.05, 4.69) is 5.32 Å². The fraction of sp³-hybridized carbons (Fsp3) is 0.562. The number of amides is 2. The van der Waals surface area contributed by atoms with E-state index in [0.29, 0.717) is 49.4 Å². The molecule has 1 aromatic carbocycles. The second-order valence-electron chi connectivity index (χ2n) is 5.33. The molecule has 0 aliphatic carbocycles. The summed E-state index contributed by atoms with van der Waals surface area (Å²) in [5, 5.41) is 3.36. The molecule has 1 heterocycles. The van der Waals surface area contributed by atoms with Gasteiger partial charge in [-0.2, -0.15) is 0 Å². The molecule has 1 saturated heterocycles. The molecule has 6 nitrogen and oxygen atoms in total. The summed E-state index contributed by atoms with van der Waals surface area (Å²) in [7, 11) is 1.56. The Hall–Kier alpha value is -1.66. The van der Waals surface area contributed by atoms with Gasteiger partial charge in [-0.1, -0.05) is 11.6 Å². The summed E-state index contributed by atoms with van der Waals surface area (Å²) < 4.78 is 16.2. The van der Waals surface area contributed by atoms with Gasteiger partial charge in [0.1, 0.15) is 0 Å². The molecule has 0 spiro atoms. The predicted octanol–water partition coefficient (Wildman–Crippen LogP) is 2.68. The van der Waals surface area contributed by atoms with Gasteiger partial charge in [-0.3, -0.25) is 0 Å². The van der Waals surface area contributed by atoms with Crippen molar-refractivity contribution in [3.63, 3.8) is 0 Å². The van der Waals surface area contributed by atoms with Crippen LogP contribution in [0.4, 0.5) is 4.79 Å². The molecule has 128 valence electrons. The number of ether oxygens (including phenoxy) is 3. The van der Waals surface area contributed by atoms with Gasteiger partial charge in [0.2, 0.25) is 0 Å². The van der Waals surface area contributed by atoms with Crippen LogP contribution >= 0.6 is 11.6 Å². The molecule has 0 unspecified atom stereocenters. The Labute approximate surface area is 141 Å². The summed E-state index contributed by atoms with van der Waals surface area (Å²) in [5.41, 5.74) is 0.852. The van der Waals surface area contributed by atoms with Crippen LogP contribution in [0.25, 0.3) is 0 Å². The van der Waals surface area contributed by atoms with Crippen LogP contribution in [0.2, 0.25) is 5.02 Å². The number of hydrogen-bond donors (Lipinski definition) is 1. The van der Waals surface area contributed by atoms with Gasteiger partial charge in [0.15, 0.2) is 11.5 Å². The average molecular weight is 343 g/mol. The lowest BCUT2D eigenvalue weighted by molar-refractivity contribution is -0.00351. The molecule has 2 amide bonds. The standard InChI is InChI=1S/C16H23ClN2O4/c1-4-22-15-13(17)7-12(8-14(15)21-3)9-18-16(20)19-5-6-23-11(2)10-19/h7-8,11H,4-6,9-10H2,1-3H3,(H,18,20)/t11-/m0/s1. The van der Waals surface area contributed by atoms with E-state index in [0.717, 1.165) is 5.56 Å². The highest BCUT2D eigenvalue weighted by Crippen LogP contribution is 2.36. The number of halogens is 1. The molecule has 1 aromatic rings. The van der Waals surface area contributed by atoms with E-state index in [4.69, 9.17) is 25.8 Å². The van der Waals surface area contributed by atoms with Gasteiger partial charge in [0.25, 0.3) is 0 Å². The first kappa shape index (κ1) is 17.7. The van der Waals surface area contributed by atoms with E-state index >= 15 is 0 Å². The van der Waals surface area contributed by atoms with Crippen molar-refractivity contribution in [2.75, 3.05) is 33.4 Å². The molecule has 0 radical (unpaired) electrons. The first-order valence-corrected chi connectivity index (χ1v) is 8.06. The fourth-order valence-electron chi connectivity index (χ4n) is 2.45. The smallest absolute Gasteiger partial charge is 0.317 e. The normalized spacial score (nSPS) is 17.7. The summed E-state index contributed by atoms with van der Waals surface area (Å²) in [6.45, 7) is 6.47. The lowest BCUT2D eigenvalue weighted by atomic mass is 10.2. The number of carbonyl (C=O) groups excluding carboxylic acids is 1. The summed E-state index contributed by atoms with van der Waals surface area (Å²) in [6, 6.07) is 3.49. The second-order valence-corrected chi connectivity index (χ2v) is 5.74. The van der Waals surface area contributed by atoms with Crippen molar-refractivity contribution in [1.82, 2.24) is 10.2 Å². The van der Waals surface area contributed by atoms with Crippen molar-refractivity contribution in [3.8, 4) is 11.5 Å². The van der Waals surface area contributed by atoms with E-state index in [-0.39, 0.29) is 12.1 Å². The van der Waals surface area contributed by atoms with Gasteiger partial charge in [0.05, 0.1) is 31.5 Å². The SMILES string of the molecule is CCOc1c(Cl)cc(CNC(=O)N2CCO[C@@H](C)C2)cc1OC. The van der Waals surface area contributed by atoms with Gasteiger partial charge in [0, 0.05) is 19.6 Å². The van der Waals surface area contributed by atoms with E-state index in [1.807, 2.05) is 19.9 Å². The minimum Gasteiger partial charge on any atom is -0.493 e. The van der Waals surface area contributed by atoms with Crippen LogP contribution in [-0.2, 0) is 11.3 Å². The Morgan fingerprint density at radius 2 is 2.30 bits per heavy atom. The summed E-state index contributed by atoms with van der Waals surface area (Å²) >= 11 is 6.23. The lowest BCUT2D eigenvalue weighted by Gasteiger charge is -2.31. The van der Waals surface area contributed by atoms with Crippen LogP contribution in [0, 0.1) is 0 Å². The van der Waals surface area contributed by atoms with E-state index < -0.39 is 0 Å². The maximum absolute atomic E-state index is 12.2. The zero-order valence-corrected chi connectivity index (χ0v) is 14.5. The van der Waals surface area contributed by atoms with Gasteiger partial charge in [-0.15, -0.1) is 0 Å². The third kappa shape index (κ3) is 4.65. The molecular formula is C16H23ClN2O4. The van der Waals surface area contributed by atoms with Crippen LogP contribution in [0.3, 0.4) is 0 Å². The van der Waals surface area contributed by atoms with Crippen molar-refractivity contribution in [2.45, 2.75) is 26.5 Å². The number of hydrogen-bond acceptors (Lipinski definition) is 4. The molecule has 0 bridgehead atoms. The van der Waals surface area contributed by atoms with Crippen LogP contribution in [0.5, 0.6) is 11.5 Å². The highest BCUT2D eigenvalue weighted by Gasteiger charge is 2.21. The third-order valence-electron chi connectivity index (χ3n) is 3.55. The minimum absolute atomic E-state index is 0.0644. The molecule has 0 saturated carbocycles. The molecule has 1 atom stereocenters. The Balaban J connectivity index is 2.00. The van der Waals surface area contributed by atoms with Crippen LogP contribution < -0.4 is 14.8 Å². The molecule has 0 aromatic heterocycles. The number of benzene rings is 1. The van der Waals surface area contributed by atoms with Gasteiger partial charge in [-0.05, 0) is 31.5 Å². The van der Waals surface area contributed by atoms with Crippen molar-refractivity contribution >= 4 is 17.6 Å². The first-order chi connectivity index (χ1) is 11.0. The Morgan fingerprint density at radius 1 is 1.52 bits per heavy atom. The van der Waals surface area contributed by atoms with Crippen LogP contribution in [0.1, 0.15) is 19.4 Å². The highest BCUT2D eigenvalue weighted by molar-refractivity contribution is 6.32. The number of nitrogens with zero attached hydrogens (tertiary/aromatic N) is 1. The Bertz CT molecular complexity index is 553. The monoisotopic (exact) mass is 342 g/mol. The summed E-state index contributed by atoms with van der Waals surface area (Å²) in [4.78, 5) is 13.9. The Morgan fingerprint density at radius 3 is 2.96 bits per heavy atom. The number of carbonyl (C=O) groups is 1. The largest absolute Gasteiger partial charge is 0.493 e. The molecule has 1 N–H and O–H groups in total. The average Bonchev–Trinajstić information content (AvgIpc) is 2.54. The fourth-order valence-corrected chi connectivity index (χ4v) is 2.74.